The van der Waals surface area contributed by atoms with Crippen LogP contribution in [-0.2, 0) is 5.75 Å². The Labute approximate surface area is 172 Å². The van der Waals surface area contributed by atoms with Crippen LogP contribution in [0.4, 0.5) is 15.2 Å². The van der Waals surface area contributed by atoms with E-state index < -0.39 is 0 Å². The minimum atomic E-state index is -0.205. The Hall–Kier alpha value is -2.32. The molecule has 1 saturated heterocycles. The number of methoxy groups -OCH3 is 1. The Bertz CT molecular complexity index is 928. The van der Waals surface area contributed by atoms with Gasteiger partial charge < -0.3 is 14.5 Å². The van der Waals surface area contributed by atoms with Crippen LogP contribution in [0.25, 0.3) is 0 Å². The van der Waals surface area contributed by atoms with Crippen molar-refractivity contribution in [2.45, 2.75) is 10.1 Å². The van der Waals surface area contributed by atoms with Crippen molar-refractivity contribution >= 4 is 33.9 Å². The molecule has 1 aliphatic heterocycles. The van der Waals surface area contributed by atoms with E-state index in [1.807, 2.05) is 24.3 Å². The van der Waals surface area contributed by atoms with Crippen molar-refractivity contribution in [1.29, 1.82) is 0 Å². The fourth-order valence-electron chi connectivity index (χ4n) is 3.19. The van der Waals surface area contributed by atoms with Crippen LogP contribution in [0.3, 0.4) is 0 Å². The van der Waals surface area contributed by atoms with E-state index in [0.717, 1.165) is 52.7 Å². The Balaban J connectivity index is 1.34. The van der Waals surface area contributed by atoms with Gasteiger partial charge in [-0.25, -0.2) is 4.39 Å². The van der Waals surface area contributed by atoms with Gasteiger partial charge in [-0.1, -0.05) is 47.4 Å². The molecule has 0 amide bonds. The fourth-order valence-corrected chi connectivity index (χ4v) is 5.03. The number of hydrogen-bond acceptors (Lipinski definition) is 7. The van der Waals surface area contributed by atoms with Crippen molar-refractivity contribution in [3.8, 4) is 5.75 Å². The van der Waals surface area contributed by atoms with Gasteiger partial charge in [-0.3, -0.25) is 0 Å². The largest absolute Gasteiger partial charge is 0.495 e. The van der Waals surface area contributed by atoms with Gasteiger partial charge in [0.2, 0.25) is 5.13 Å². The summed E-state index contributed by atoms with van der Waals surface area (Å²) in [6.45, 7) is 3.60. The molecule has 0 aliphatic carbocycles. The topological polar surface area (TPSA) is 41.5 Å². The monoisotopic (exact) mass is 416 g/mol. The zero-order chi connectivity index (χ0) is 19.3. The van der Waals surface area contributed by atoms with Crippen LogP contribution >= 0.6 is 23.1 Å². The molecule has 8 heteroatoms. The average Bonchev–Trinajstić information content (AvgIpc) is 3.21. The summed E-state index contributed by atoms with van der Waals surface area (Å²) in [5, 5.41) is 9.60. The van der Waals surface area contributed by atoms with E-state index in [2.05, 4.69) is 26.1 Å². The number of nitrogens with zero attached hydrogens (tertiary/aromatic N) is 4. The molecular weight excluding hydrogens is 395 g/mol. The summed E-state index contributed by atoms with van der Waals surface area (Å²) in [6.07, 6.45) is 0. The number of rotatable bonds is 6. The van der Waals surface area contributed by atoms with Gasteiger partial charge >= 0.3 is 0 Å². The lowest BCUT2D eigenvalue weighted by Gasteiger charge is -2.36. The first kappa shape index (κ1) is 19.0. The van der Waals surface area contributed by atoms with Crippen LogP contribution < -0.4 is 14.5 Å². The highest BCUT2D eigenvalue weighted by molar-refractivity contribution is 8.00. The molecule has 28 heavy (non-hydrogen) atoms. The summed E-state index contributed by atoms with van der Waals surface area (Å²) in [7, 11) is 1.71. The Morgan fingerprint density at radius 1 is 1.04 bits per heavy atom. The molecule has 2 aromatic carbocycles. The van der Waals surface area contributed by atoms with Gasteiger partial charge in [0.15, 0.2) is 4.34 Å². The molecule has 3 aromatic rings. The molecule has 1 aromatic heterocycles. The summed E-state index contributed by atoms with van der Waals surface area (Å²) in [6, 6.07) is 14.8. The van der Waals surface area contributed by atoms with E-state index in [9.17, 15) is 4.39 Å². The smallest absolute Gasteiger partial charge is 0.209 e. The minimum Gasteiger partial charge on any atom is -0.495 e. The Morgan fingerprint density at radius 3 is 2.61 bits per heavy atom. The number of benzene rings is 2. The standard InChI is InChI=1S/C20H21FN4OS2/c1-26-18-8-3-2-7-17(18)24-9-11-25(12-10-24)19-22-23-20(28-19)27-14-15-5-4-6-16(21)13-15/h2-8,13H,9-12,14H2,1H3. The first-order chi connectivity index (χ1) is 13.7. The molecule has 1 aliphatic rings. The maximum Gasteiger partial charge on any atom is 0.209 e. The summed E-state index contributed by atoms with van der Waals surface area (Å²) < 4.78 is 19.7. The van der Waals surface area contributed by atoms with E-state index in [0.29, 0.717) is 5.75 Å². The first-order valence-electron chi connectivity index (χ1n) is 9.06. The highest BCUT2D eigenvalue weighted by atomic mass is 32.2. The van der Waals surface area contributed by atoms with Gasteiger partial charge in [-0.2, -0.15) is 0 Å². The van der Waals surface area contributed by atoms with E-state index in [1.165, 1.54) is 6.07 Å². The number of hydrogen-bond donors (Lipinski definition) is 0. The Kier molecular flexibility index (Phi) is 5.97. The average molecular weight is 417 g/mol. The summed E-state index contributed by atoms with van der Waals surface area (Å²) >= 11 is 3.19. The normalized spacial score (nSPS) is 14.4. The van der Waals surface area contributed by atoms with Gasteiger partial charge in [0, 0.05) is 31.9 Å². The predicted molar refractivity (Wildman–Crippen MR) is 113 cm³/mol. The number of halogens is 1. The van der Waals surface area contributed by atoms with Crippen LogP contribution in [0.2, 0.25) is 0 Å². The van der Waals surface area contributed by atoms with Crippen LogP contribution in [0.1, 0.15) is 5.56 Å². The highest BCUT2D eigenvalue weighted by Crippen LogP contribution is 2.32. The van der Waals surface area contributed by atoms with E-state index >= 15 is 0 Å². The maximum absolute atomic E-state index is 13.3. The van der Waals surface area contributed by atoms with Crippen LogP contribution in [0.5, 0.6) is 5.75 Å². The van der Waals surface area contributed by atoms with Crippen LogP contribution in [-0.4, -0.2) is 43.5 Å². The minimum absolute atomic E-state index is 0.205. The number of para-hydroxylation sites is 2. The van der Waals surface area contributed by atoms with E-state index in [4.69, 9.17) is 4.74 Å². The lowest BCUT2D eigenvalue weighted by molar-refractivity contribution is 0.413. The number of ether oxygens (including phenoxy) is 1. The summed E-state index contributed by atoms with van der Waals surface area (Å²) in [5.41, 5.74) is 2.08. The second kappa shape index (κ2) is 8.79. The number of piperazine rings is 1. The molecular formula is C20H21FN4OS2. The van der Waals surface area contributed by atoms with Gasteiger partial charge in [-0.15, -0.1) is 10.2 Å². The molecule has 146 valence electrons. The third kappa shape index (κ3) is 4.39. The number of aromatic nitrogens is 2. The zero-order valence-electron chi connectivity index (χ0n) is 15.5. The molecule has 2 heterocycles. The van der Waals surface area contributed by atoms with Crippen molar-refractivity contribution in [2.24, 2.45) is 0 Å². The third-order valence-electron chi connectivity index (χ3n) is 4.62. The van der Waals surface area contributed by atoms with Gasteiger partial charge in [0.1, 0.15) is 11.6 Å². The number of thioether (sulfide) groups is 1. The van der Waals surface area contributed by atoms with Crippen LogP contribution in [0.15, 0.2) is 52.9 Å². The molecule has 0 unspecified atom stereocenters. The SMILES string of the molecule is COc1ccccc1N1CCN(c2nnc(SCc3cccc(F)c3)s2)CC1. The van der Waals surface area contributed by atoms with Gasteiger partial charge in [-0.05, 0) is 29.8 Å². The Morgan fingerprint density at radius 2 is 1.82 bits per heavy atom. The molecule has 0 N–H and O–H groups in total. The van der Waals surface area contributed by atoms with Gasteiger partial charge in [0.25, 0.3) is 0 Å². The van der Waals surface area contributed by atoms with Crippen molar-refractivity contribution < 1.29 is 9.13 Å². The zero-order valence-corrected chi connectivity index (χ0v) is 17.2. The second-order valence-electron chi connectivity index (χ2n) is 6.42. The summed E-state index contributed by atoms with van der Waals surface area (Å²) in [5.74, 6) is 1.39. The molecule has 0 radical (unpaired) electrons. The van der Waals surface area contributed by atoms with Crippen molar-refractivity contribution in [1.82, 2.24) is 10.2 Å². The van der Waals surface area contributed by atoms with Crippen LogP contribution in [0, 0.1) is 5.82 Å². The van der Waals surface area contributed by atoms with E-state index in [-0.39, 0.29) is 5.82 Å². The molecule has 4 rings (SSSR count). The number of anilines is 2. The lowest BCUT2D eigenvalue weighted by atomic mass is 10.2. The lowest BCUT2D eigenvalue weighted by Crippen LogP contribution is -2.46. The maximum atomic E-state index is 13.3. The molecule has 0 bridgehead atoms. The van der Waals surface area contributed by atoms with Crippen molar-refractivity contribution in [3.63, 3.8) is 0 Å². The van der Waals surface area contributed by atoms with Crippen molar-refractivity contribution in [3.05, 3.63) is 59.9 Å². The molecule has 0 atom stereocenters. The highest BCUT2D eigenvalue weighted by Gasteiger charge is 2.22. The van der Waals surface area contributed by atoms with Crippen molar-refractivity contribution in [2.75, 3.05) is 43.1 Å². The third-order valence-corrected chi connectivity index (χ3v) is 6.81. The summed E-state index contributed by atoms with van der Waals surface area (Å²) in [4.78, 5) is 4.62. The predicted octanol–water partition coefficient (Wildman–Crippen LogP) is 4.30. The second-order valence-corrected chi connectivity index (χ2v) is 8.59. The quantitative estimate of drug-likeness (QED) is 0.558. The first-order valence-corrected chi connectivity index (χ1v) is 10.9. The molecule has 1 fully saturated rings. The van der Waals surface area contributed by atoms with Gasteiger partial charge in [0.05, 0.1) is 12.8 Å². The fraction of sp³-hybridized carbons (Fsp3) is 0.300. The van der Waals surface area contributed by atoms with E-state index in [1.54, 1.807) is 42.3 Å². The molecule has 5 nitrogen and oxygen atoms in total. The molecule has 0 saturated carbocycles. The molecule has 0 spiro atoms.